The van der Waals surface area contributed by atoms with Crippen molar-refractivity contribution < 1.29 is 28.5 Å². The topological polar surface area (TPSA) is 83.1 Å². The van der Waals surface area contributed by atoms with Crippen LogP contribution in [0.15, 0.2) is 12.2 Å². The average Bonchev–Trinajstić information content (AvgIpc) is 2.34. The first-order chi connectivity index (χ1) is 9.78. The molecule has 0 saturated heterocycles. The molecule has 0 heterocycles. The second-order valence-corrected chi connectivity index (χ2v) is 5.14. The lowest BCUT2D eigenvalue weighted by molar-refractivity contribution is -0.137. The van der Waals surface area contributed by atoms with Crippen LogP contribution in [-0.2, 0) is 23.7 Å². The highest BCUT2D eigenvalue weighted by Crippen LogP contribution is 2.07. The molecule has 1 amide bonds. The minimum absolute atomic E-state index is 0.0831. The van der Waals surface area contributed by atoms with Gasteiger partial charge in [0, 0.05) is 13.2 Å². The van der Waals surface area contributed by atoms with E-state index >= 15 is 0 Å². The van der Waals surface area contributed by atoms with Crippen molar-refractivity contribution in [1.82, 2.24) is 5.32 Å². The highest BCUT2D eigenvalue weighted by atomic mass is 16.7. The number of hydrogen-bond donors (Lipinski definition) is 1. The summed E-state index contributed by atoms with van der Waals surface area (Å²) in [4.78, 5) is 23.0. The summed E-state index contributed by atoms with van der Waals surface area (Å²) in [5.74, 6) is -0.486. The van der Waals surface area contributed by atoms with Gasteiger partial charge in [0.05, 0.1) is 19.3 Å². The molecule has 0 aromatic carbocycles. The molecular formula is C14H25NO6. The van der Waals surface area contributed by atoms with Gasteiger partial charge in [-0.2, -0.15) is 0 Å². The fourth-order valence-electron chi connectivity index (χ4n) is 1.25. The standard InChI is InChI=1S/C14H25NO6/c1-6-20-12(16)8-7-11(9-19-10-18-5)15-13(17)21-14(2,3)4/h7-8,11H,6,9-10H2,1-5H3,(H,15,17). The van der Waals surface area contributed by atoms with Crippen molar-refractivity contribution in [2.75, 3.05) is 27.1 Å². The Kier molecular flexibility index (Phi) is 9.40. The number of rotatable bonds is 8. The third kappa shape index (κ3) is 11.9. The maximum atomic E-state index is 11.7. The number of hydrogen-bond acceptors (Lipinski definition) is 6. The molecule has 0 aliphatic heterocycles. The summed E-state index contributed by atoms with van der Waals surface area (Å²) in [7, 11) is 1.49. The lowest BCUT2D eigenvalue weighted by Gasteiger charge is -2.22. The van der Waals surface area contributed by atoms with E-state index in [9.17, 15) is 9.59 Å². The van der Waals surface area contributed by atoms with Crippen LogP contribution in [0.3, 0.4) is 0 Å². The average molecular weight is 303 g/mol. The number of alkyl carbamates (subject to hydrolysis) is 1. The Morgan fingerprint density at radius 2 is 1.95 bits per heavy atom. The van der Waals surface area contributed by atoms with Crippen molar-refractivity contribution in [1.29, 1.82) is 0 Å². The molecule has 0 fully saturated rings. The Bertz CT molecular complexity index is 348. The normalized spacial score (nSPS) is 13.0. The minimum Gasteiger partial charge on any atom is -0.463 e. The second-order valence-electron chi connectivity index (χ2n) is 5.14. The van der Waals surface area contributed by atoms with Crippen molar-refractivity contribution in [2.24, 2.45) is 0 Å². The Morgan fingerprint density at radius 1 is 1.29 bits per heavy atom. The number of ether oxygens (including phenoxy) is 4. The first kappa shape index (κ1) is 19.4. The van der Waals surface area contributed by atoms with E-state index in [4.69, 9.17) is 18.9 Å². The van der Waals surface area contributed by atoms with Crippen LogP contribution in [0.5, 0.6) is 0 Å². The van der Waals surface area contributed by atoms with Crippen LogP contribution in [0, 0.1) is 0 Å². The molecule has 0 rings (SSSR count). The van der Waals surface area contributed by atoms with Gasteiger partial charge in [0.2, 0.25) is 0 Å². The zero-order chi connectivity index (χ0) is 16.3. The quantitative estimate of drug-likeness (QED) is 0.317. The van der Waals surface area contributed by atoms with E-state index in [1.807, 2.05) is 0 Å². The predicted octanol–water partition coefficient (Wildman–Crippen LogP) is 1.62. The fourth-order valence-corrected chi connectivity index (χ4v) is 1.25. The lowest BCUT2D eigenvalue weighted by atomic mass is 10.2. The molecule has 21 heavy (non-hydrogen) atoms. The first-order valence-electron chi connectivity index (χ1n) is 6.69. The molecule has 7 heteroatoms. The Balaban J connectivity index is 4.50. The van der Waals surface area contributed by atoms with Crippen molar-refractivity contribution in [3.8, 4) is 0 Å². The molecule has 122 valence electrons. The van der Waals surface area contributed by atoms with E-state index in [0.717, 1.165) is 0 Å². The summed E-state index contributed by atoms with van der Waals surface area (Å²) in [6.07, 6.45) is 2.13. The van der Waals surface area contributed by atoms with Crippen molar-refractivity contribution >= 4 is 12.1 Å². The molecule has 7 nitrogen and oxygen atoms in total. The molecule has 0 aromatic heterocycles. The molecule has 0 saturated carbocycles. The Hall–Kier alpha value is -1.60. The van der Waals surface area contributed by atoms with Crippen LogP contribution in [0.25, 0.3) is 0 Å². The van der Waals surface area contributed by atoms with Crippen LogP contribution in [-0.4, -0.2) is 50.8 Å². The maximum absolute atomic E-state index is 11.7. The highest BCUT2D eigenvalue weighted by molar-refractivity contribution is 5.82. The third-order valence-corrected chi connectivity index (χ3v) is 1.95. The molecule has 0 spiro atoms. The number of carbonyl (C=O) groups excluding carboxylic acids is 2. The summed E-state index contributed by atoms with van der Waals surface area (Å²) in [5, 5.41) is 2.59. The second kappa shape index (κ2) is 10.2. The van der Waals surface area contributed by atoms with E-state index < -0.39 is 23.7 Å². The van der Waals surface area contributed by atoms with Crippen LogP contribution >= 0.6 is 0 Å². The molecule has 0 radical (unpaired) electrons. The third-order valence-electron chi connectivity index (χ3n) is 1.95. The molecule has 0 aliphatic rings. The number of amides is 1. The zero-order valence-corrected chi connectivity index (χ0v) is 13.3. The van der Waals surface area contributed by atoms with Crippen molar-refractivity contribution in [2.45, 2.75) is 39.3 Å². The largest absolute Gasteiger partial charge is 0.463 e. The van der Waals surface area contributed by atoms with Gasteiger partial charge in [-0.05, 0) is 27.7 Å². The molecule has 0 aromatic rings. The minimum atomic E-state index is -0.604. The monoisotopic (exact) mass is 303 g/mol. The van der Waals surface area contributed by atoms with Crippen LogP contribution in [0.4, 0.5) is 4.79 Å². The zero-order valence-electron chi connectivity index (χ0n) is 13.3. The van der Waals surface area contributed by atoms with Crippen molar-refractivity contribution in [3.63, 3.8) is 0 Å². The fraction of sp³-hybridized carbons (Fsp3) is 0.714. The van der Waals surface area contributed by atoms with Crippen LogP contribution in [0.1, 0.15) is 27.7 Å². The predicted molar refractivity (Wildman–Crippen MR) is 76.8 cm³/mol. The maximum Gasteiger partial charge on any atom is 0.408 e. The van der Waals surface area contributed by atoms with Gasteiger partial charge in [-0.3, -0.25) is 0 Å². The summed E-state index contributed by atoms with van der Waals surface area (Å²) >= 11 is 0. The summed E-state index contributed by atoms with van der Waals surface area (Å²) < 4.78 is 19.8. The number of carbonyl (C=O) groups is 2. The van der Waals surface area contributed by atoms with Gasteiger partial charge in [-0.15, -0.1) is 0 Å². The summed E-state index contributed by atoms with van der Waals surface area (Å²) in [6.45, 7) is 7.51. The summed E-state index contributed by atoms with van der Waals surface area (Å²) in [5.41, 5.74) is -0.604. The van der Waals surface area contributed by atoms with Gasteiger partial charge in [0.15, 0.2) is 0 Å². The molecule has 0 aliphatic carbocycles. The lowest BCUT2D eigenvalue weighted by Crippen LogP contribution is -2.40. The van der Waals surface area contributed by atoms with Crippen LogP contribution < -0.4 is 5.32 Å². The molecular weight excluding hydrogens is 278 g/mol. The van der Waals surface area contributed by atoms with E-state index in [-0.39, 0.29) is 20.0 Å². The van der Waals surface area contributed by atoms with E-state index in [1.165, 1.54) is 19.3 Å². The highest BCUT2D eigenvalue weighted by Gasteiger charge is 2.18. The van der Waals surface area contributed by atoms with Gasteiger partial charge in [-0.25, -0.2) is 9.59 Å². The van der Waals surface area contributed by atoms with Gasteiger partial charge in [-0.1, -0.05) is 6.08 Å². The van der Waals surface area contributed by atoms with Gasteiger partial charge < -0.3 is 24.3 Å². The van der Waals surface area contributed by atoms with Crippen molar-refractivity contribution in [3.05, 3.63) is 12.2 Å². The molecule has 0 bridgehead atoms. The van der Waals surface area contributed by atoms with E-state index in [0.29, 0.717) is 0 Å². The van der Waals surface area contributed by atoms with E-state index in [2.05, 4.69) is 5.32 Å². The summed E-state index contributed by atoms with van der Waals surface area (Å²) in [6, 6.07) is -0.528. The van der Waals surface area contributed by atoms with Gasteiger partial charge >= 0.3 is 12.1 Å². The molecule has 1 N–H and O–H groups in total. The Labute approximate surface area is 125 Å². The first-order valence-corrected chi connectivity index (χ1v) is 6.69. The van der Waals surface area contributed by atoms with Gasteiger partial charge in [0.25, 0.3) is 0 Å². The number of methoxy groups -OCH3 is 1. The number of nitrogens with one attached hydrogen (secondary N) is 1. The Morgan fingerprint density at radius 3 is 2.48 bits per heavy atom. The van der Waals surface area contributed by atoms with E-state index in [1.54, 1.807) is 27.7 Å². The van der Waals surface area contributed by atoms with Crippen LogP contribution in [0.2, 0.25) is 0 Å². The smallest absolute Gasteiger partial charge is 0.408 e. The van der Waals surface area contributed by atoms with Gasteiger partial charge in [0.1, 0.15) is 12.4 Å². The molecule has 1 unspecified atom stereocenters. The molecule has 1 atom stereocenters. The SMILES string of the molecule is CCOC(=O)C=CC(COCOC)NC(=O)OC(C)(C)C. The number of esters is 1.